The minimum Gasteiger partial charge on any atom is -0.383 e. The minimum absolute atomic E-state index is 0.0189. The Morgan fingerprint density at radius 1 is 1.67 bits per heavy atom. The van der Waals surface area contributed by atoms with Gasteiger partial charge in [0.2, 0.25) is 5.91 Å². The molecule has 0 spiro atoms. The third-order valence-electron chi connectivity index (χ3n) is 1.65. The molecule has 0 saturated heterocycles. The van der Waals surface area contributed by atoms with Crippen molar-refractivity contribution < 1.29 is 9.53 Å². The second-order valence-corrected chi connectivity index (χ2v) is 2.70. The molecule has 0 aliphatic carbocycles. The largest absolute Gasteiger partial charge is 0.383 e. The lowest BCUT2D eigenvalue weighted by Gasteiger charge is -2.22. The quantitative estimate of drug-likeness (QED) is 0.629. The molecule has 0 bridgehead atoms. The Labute approximate surface area is 73.7 Å². The number of likely N-dealkylation sites (N-methyl/N-ethyl adjacent to an activating group) is 1. The van der Waals surface area contributed by atoms with E-state index in [9.17, 15) is 4.79 Å². The first kappa shape index (κ1) is 11.4. The van der Waals surface area contributed by atoms with Gasteiger partial charge in [-0.1, -0.05) is 0 Å². The SMILES string of the molecule is CCN(CCOC)C(=O)C(C)N. The first-order chi connectivity index (χ1) is 5.63. The van der Waals surface area contributed by atoms with Crippen molar-refractivity contribution in [1.82, 2.24) is 4.90 Å². The fourth-order valence-electron chi connectivity index (χ4n) is 0.914. The van der Waals surface area contributed by atoms with E-state index in [1.165, 1.54) is 0 Å². The highest BCUT2D eigenvalue weighted by molar-refractivity contribution is 5.81. The maximum atomic E-state index is 11.3. The molecular weight excluding hydrogens is 156 g/mol. The molecule has 0 aromatic rings. The summed E-state index contributed by atoms with van der Waals surface area (Å²) in [5, 5.41) is 0. The van der Waals surface area contributed by atoms with Gasteiger partial charge in [0.1, 0.15) is 0 Å². The van der Waals surface area contributed by atoms with E-state index in [0.717, 1.165) is 0 Å². The fraction of sp³-hybridized carbons (Fsp3) is 0.875. The molecule has 0 fully saturated rings. The number of amides is 1. The van der Waals surface area contributed by atoms with E-state index < -0.39 is 6.04 Å². The van der Waals surface area contributed by atoms with Gasteiger partial charge in [-0.3, -0.25) is 4.79 Å². The van der Waals surface area contributed by atoms with Gasteiger partial charge in [0, 0.05) is 20.2 Å². The van der Waals surface area contributed by atoms with Crippen LogP contribution in [0.25, 0.3) is 0 Å². The first-order valence-electron chi connectivity index (χ1n) is 4.16. The van der Waals surface area contributed by atoms with Crippen molar-refractivity contribution in [2.75, 3.05) is 26.8 Å². The predicted octanol–water partition coefficient (Wildman–Crippen LogP) is -0.171. The van der Waals surface area contributed by atoms with Crippen molar-refractivity contribution in [3.63, 3.8) is 0 Å². The van der Waals surface area contributed by atoms with Gasteiger partial charge in [-0.25, -0.2) is 0 Å². The average molecular weight is 174 g/mol. The lowest BCUT2D eigenvalue weighted by atomic mass is 10.3. The van der Waals surface area contributed by atoms with Crippen LogP contribution in [0.2, 0.25) is 0 Å². The Balaban J connectivity index is 3.88. The standard InChI is InChI=1S/C8H18N2O2/c1-4-10(5-6-12-3)8(11)7(2)9/h7H,4-6,9H2,1-3H3. The second-order valence-electron chi connectivity index (χ2n) is 2.70. The highest BCUT2D eigenvalue weighted by atomic mass is 16.5. The molecule has 4 nitrogen and oxygen atoms in total. The Hall–Kier alpha value is -0.610. The van der Waals surface area contributed by atoms with Crippen LogP contribution in [0.5, 0.6) is 0 Å². The van der Waals surface area contributed by atoms with Gasteiger partial charge in [-0.2, -0.15) is 0 Å². The molecule has 0 rings (SSSR count). The zero-order valence-electron chi connectivity index (χ0n) is 8.04. The summed E-state index contributed by atoms with van der Waals surface area (Å²) in [6.07, 6.45) is 0. The van der Waals surface area contributed by atoms with Crippen molar-refractivity contribution in [3.8, 4) is 0 Å². The summed E-state index contributed by atoms with van der Waals surface area (Å²) in [5.74, 6) is -0.0189. The molecule has 2 N–H and O–H groups in total. The number of methoxy groups -OCH3 is 1. The fourth-order valence-corrected chi connectivity index (χ4v) is 0.914. The van der Waals surface area contributed by atoms with E-state index in [1.54, 1.807) is 18.9 Å². The molecule has 1 unspecified atom stereocenters. The summed E-state index contributed by atoms with van der Waals surface area (Å²) in [6.45, 7) is 5.48. The third-order valence-corrected chi connectivity index (χ3v) is 1.65. The highest BCUT2D eigenvalue weighted by Gasteiger charge is 2.14. The van der Waals surface area contributed by atoms with E-state index in [4.69, 9.17) is 10.5 Å². The number of carbonyl (C=O) groups is 1. The van der Waals surface area contributed by atoms with Gasteiger partial charge in [-0.15, -0.1) is 0 Å². The van der Waals surface area contributed by atoms with Crippen LogP contribution in [0.15, 0.2) is 0 Å². The molecular formula is C8H18N2O2. The normalized spacial score (nSPS) is 12.7. The lowest BCUT2D eigenvalue weighted by Crippen LogP contribution is -2.43. The van der Waals surface area contributed by atoms with Crippen LogP contribution in [0.3, 0.4) is 0 Å². The van der Waals surface area contributed by atoms with Crippen LogP contribution >= 0.6 is 0 Å². The Bertz CT molecular complexity index is 137. The van der Waals surface area contributed by atoms with Gasteiger partial charge in [0.25, 0.3) is 0 Å². The van der Waals surface area contributed by atoms with Crippen LogP contribution in [-0.2, 0) is 9.53 Å². The summed E-state index contributed by atoms with van der Waals surface area (Å²) in [4.78, 5) is 13.0. The van der Waals surface area contributed by atoms with Crippen LogP contribution in [0.4, 0.5) is 0 Å². The lowest BCUT2D eigenvalue weighted by molar-refractivity contribution is -0.132. The van der Waals surface area contributed by atoms with E-state index in [2.05, 4.69) is 0 Å². The summed E-state index contributed by atoms with van der Waals surface area (Å²) >= 11 is 0. The maximum absolute atomic E-state index is 11.3. The van der Waals surface area contributed by atoms with Crippen LogP contribution < -0.4 is 5.73 Å². The Morgan fingerprint density at radius 2 is 2.25 bits per heavy atom. The molecule has 0 aliphatic rings. The van der Waals surface area contributed by atoms with Crippen LogP contribution in [0.1, 0.15) is 13.8 Å². The second kappa shape index (κ2) is 5.97. The molecule has 0 radical (unpaired) electrons. The highest BCUT2D eigenvalue weighted by Crippen LogP contribution is 1.92. The average Bonchev–Trinajstić information content (AvgIpc) is 2.05. The van der Waals surface area contributed by atoms with Gasteiger partial charge < -0.3 is 15.4 Å². The topological polar surface area (TPSA) is 55.6 Å². The van der Waals surface area contributed by atoms with Gasteiger partial charge >= 0.3 is 0 Å². The summed E-state index contributed by atoms with van der Waals surface area (Å²) < 4.78 is 4.87. The van der Waals surface area contributed by atoms with Crippen molar-refractivity contribution >= 4 is 5.91 Å². The smallest absolute Gasteiger partial charge is 0.239 e. The summed E-state index contributed by atoms with van der Waals surface area (Å²) in [7, 11) is 1.62. The number of carbonyl (C=O) groups excluding carboxylic acids is 1. The zero-order valence-corrected chi connectivity index (χ0v) is 8.04. The number of nitrogens with zero attached hydrogens (tertiary/aromatic N) is 1. The predicted molar refractivity (Wildman–Crippen MR) is 47.8 cm³/mol. The molecule has 1 amide bonds. The molecule has 0 aromatic carbocycles. The monoisotopic (exact) mass is 174 g/mol. The number of hydrogen-bond acceptors (Lipinski definition) is 3. The van der Waals surface area contributed by atoms with Gasteiger partial charge in [0.05, 0.1) is 12.6 Å². The van der Waals surface area contributed by atoms with Crippen molar-refractivity contribution in [2.24, 2.45) is 5.73 Å². The molecule has 12 heavy (non-hydrogen) atoms. The zero-order chi connectivity index (χ0) is 9.56. The van der Waals surface area contributed by atoms with Gasteiger partial charge in [0.15, 0.2) is 0 Å². The molecule has 72 valence electrons. The van der Waals surface area contributed by atoms with E-state index >= 15 is 0 Å². The summed E-state index contributed by atoms with van der Waals surface area (Å²) in [5.41, 5.74) is 5.45. The molecule has 4 heteroatoms. The van der Waals surface area contributed by atoms with E-state index in [1.807, 2.05) is 6.92 Å². The van der Waals surface area contributed by atoms with Crippen molar-refractivity contribution in [3.05, 3.63) is 0 Å². The van der Waals surface area contributed by atoms with E-state index in [0.29, 0.717) is 19.7 Å². The summed E-state index contributed by atoms with van der Waals surface area (Å²) in [6, 6.07) is -0.415. The number of nitrogens with two attached hydrogens (primary N) is 1. The number of rotatable bonds is 5. The molecule has 1 atom stereocenters. The number of ether oxygens (including phenoxy) is 1. The Morgan fingerprint density at radius 3 is 2.58 bits per heavy atom. The first-order valence-corrected chi connectivity index (χ1v) is 4.16. The minimum atomic E-state index is -0.415. The molecule has 0 saturated carbocycles. The maximum Gasteiger partial charge on any atom is 0.239 e. The van der Waals surface area contributed by atoms with E-state index in [-0.39, 0.29) is 5.91 Å². The van der Waals surface area contributed by atoms with Gasteiger partial charge in [-0.05, 0) is 13.8 Å². The Kier molecular flexibility index (Phi) is 5.66. The van der Waals surface area contributed by atoms with Crippen molar-refractivity contribution in [2.45, 2.75) is 19.9 Å². The van der Waals surface area contributed by atoms with Crippen LogP contribution in [0, 0.1) is 0 Å². The van der Waals surface area contributed by atoms with Crippen LogP contribution in [-0.4, -0.2) is 43.7 Å². The molecule has 0 heterocycles. The third kappa shape index (κ3) is 3.69. The molecule has 0 aliphatic heterocycles. The number of hydrogen-bond donors (Lipinski definition) is 1. The molecule has 0 aromatic heterocycles. The van der Waals surface area contributed by atoms with Crippen molar-refractivity contribution in [1.29, 1.82) is 0 Å².